The molecule has 4 amide bonds. The number of urea groups is 1. The van der Waals surface area contributed by atoms with Crippen molar-refractivity contribution in [2.24, 2.45) is 5.41 Å². The van der Waals surface area contributed by atoms with Crippen LogP contribution in [0.2, 0.25) is 0 Å². The number of amides is 4. The van der Waals surface area contributed by atoms with Crippen LogP contribution in [-0.2, 0) is 9.59 Å². The molecule has 5 heteroatoms. The van der Waals surface area contributed by atoms with Crippen LogP contribution < -0.4 is 5.32 Å². The van der Waals surface area contributed by atoms with Crippen molar-refractivity contribution in [3.05, 3.63) is 11.6 Å². The number of carbonyl (C=O) groups excluding carboxylic acids is 3. The van der Waals surface area contributed by atoms with Gasteiger partial charge in [0.05, 0.1) is 0 Å². The summed E-state index contributed by atoms with van der Waals surface area (Å²) in [7, 11) is 0. The summed E-state index contributed by atoms with van der Waals surface area (Å²) in [6.45, 7) is 3.45. The first kappa shape index (κ1) is 13.8. The van der Waals surface area contributed by atoms with E-state index >= 15 is 0 Å². The average molecular weight is 264 g/mol. The highest BCUT2D eigenvalue weighted by Crippen LogP contribution is 2.25. The third-order valence-electron chi connectivity index (χ3n) is 3.85. The molecule has 1 aliphatic heterocycles. The highest BCUT2D eigenvalue weighted by atomic mass is 16.2. The fourth-order valence-corrected chi connectivity index (χ4v) is 2.44. The van der Waals surface area contributed by atoms with Gasteiger partial charge in [0.15, 0.2) is 0 Å². The molecule has 5 nitrogen and oxygen atoms in total. The highest BCUT2D eigenvalue weighted by molar-refractivity contribution is 6.18. The number of nitrogens with one attached hydrogen (secondary N) is 1. The van der Waals surface area contributed by atoms with Crippen LogP contribution in [0.1, 0.15) is 46.0 Å². The molecule has 1 N–H and O–H groups in total. The van der Waals surface area contributed by atoms with E-state index in [4.69, 9.17) is 0 Å². The first-order valence-electron chi connectivity index (χ1n) is 6.78. The maximum absolute atomic E-state index is 12.2. The van der Waals surface area contributed by atoms with E-state index < -0.39 is 23.3 Å². The van der Waals surface area contributed by atoms with Gasteiger partial charge in [-0.2, -0.15) is 0 Å². The predicted octanol–water partition coefficient (Wildman–Crippen LogP) is 1.98. The van der Waals surface area contributed by atoms with E-state index in [1.165, 1.54) is 18.4 Å². The molecule has 1 aliphatic carbocycles. The molecule has 0 saturated carbocycles. The Balaban J connectivity index is 2.02. The molecule has 0 aromatic heterocycles. The molecule has 0 atom stereocenters. The quantitative estimate of drug-likeness (QED) is 0.626. The Morgan fingerprint density at radius 2 is 2.00 bits per heavy atom. The second kappa shape index (κ2) is 5.15. The summed E-state index contributed by atoms with van der Waals surface area (Å²) in [5.41, 5.74) is 0.149. The van der Waals surface area contributed by atoms with Crippen LogP contribution in [0.4, 0.5) is 4.79 Å². The summed E-state index contributed by atoms with van der Waals surface area (Å²) >= 11 is 0. The van der Waals surface area contributed by atoms with Crippen LogP contribution in [0, 0.1) is 5.41 Å². The van der Waals surface area contributed by atoms with Gasteiger partial charge in [0.2, 0.25) is 11.8 Å². The molecule has 2 rings (SSSR count). The van der Waals surface area contributed by atoms with Crippen molar-refractivity contribution in [1.29, 1.82) is 0 Å². The molecule has 0 radical (unpaired) electrons. The Hall–Kier alpha value is -1.65. The first-order valence-corrected chi connectivity index (χ1v) is 6.78. The van der Waals surface area contributed by atoms with E-state index in [0.717, 1.165) is 17.7 Å². The number of barbiturate groups is 1. The standard InChI is InChI=1S/C14H20N2O3/c1-14(2)11(17)15-13(19)16(12(14)18)9-8-10-6-4-3-5-7-10/h6H,3-5,7-9H2,1-2H3,(H,15,17,19). The smallest absolute Gasteiger partial charge is 0.277 e. The van der Waals surface area contributed by atoms with Gasteiger partial charge in [0.1, 0.15) is 5.41 Å². The minimum Gasteiger partial charge on any atom is -0.277 e. The highest BCUT2D eigenvalue weighted by Gasteiger charge is 2.46. The lowest BCUT2D eigenvalue weighted by atomic mass is 9.88. The molecule has 1 saturated heterocycles. The molecule has 0 bridgehead atoms. The Kier molecular flexibility index (Phi) is 3.73. The second-order valence-electron chi connectivity index (χ2n) is 5.70. The van der Waals surface area contributed by atoms with Crippen molar-refractivity contribution < 1.29 is 14.4 Å². The lowest BCUT2D eigenvalue weighted by molar-refractivity contribution is -0.148. The lowest BCUT2D eigenvalue weighted by Crippen LogP contribution is -2.61. The van der Waals surface area contributed by atoms with Crippen LogP contribution in [0.5, 0.6) is 0 Å². The largest absolute Gasteiger partial charge is 0.330 e. The van der Waals surface area contributed by atoms with Crippen molar-refractivity contribution in [2.75, 3.05) is 6.54 Å². The maximum atomic E-state index is 12.2. The summed E-state index contributed by atoms with van der Waals surface area (Å²) in [5.74, 6) is -0.923. The fraction of sp³-hybridized carbons (Fsp3) is 0.643. The number of hydrogen-bond donors (Lipinski definition) is 1. The zero-order chi connectivity index (χ0) is 14.0. The second-order valence-corrected chi connectivity index (χ2v) is 5.70. The van der Waals surface area contributed by atoms with Gasteiger partial charge in [0.25, 0.3) is 0 Å². The number of hydrogen-bond acceptors (Lipinski definition) is 3. The van der Waals surface area contributed by atoms with E-state index in [1.54, 1.807) is 13.8 Å². The predicted molar refractivity (Wildman–Crippen MR) is 70.2 cm³/mol. The van der Waals surface area contributed by atoms with E-state index in [2.05, 4.69) is 11.4 Å². The van der Waals surface area contributed by atoms with Crippen molar-refractivity contribution in [1.82, 2.24) is 10.2 Å². The van der Waals surface area contributed by atoms with Gasteiger partial charge < -0.3 is 0 Å². The first-order chi connectivity index (χ1) is 8.93. The van der Waals surface area contributed by atoms with Gasteiger partial charge in [-0.15, -0.1) is 0 Å². The summed E-state index contributed by atoms with van der Waals surface area (Å²) in [6, 6.07) is -0.592. The Labute approximate surface area is 113 Å². The summed E-state index contributed by atoms with van der Waals surface area (Å²) < 4.78 is 0. The van der Waals surface area contributed by atoms with Gasteiger partial charge in [-0.1, -0.05) is 11.6 Å². The van der Waals surface area contributed by atoms with Crippen molar-refractivity contribution in [3.8, 4) is 0 Å². The molecule has 0 unspecified atom stereocenters. The Morgan fingerprint density at radius 1 is 1.26 bits per heavy atom. The normalized spacial score (nSPS) is 23.2. The van der Waals surface area contributed by atoms with Crippen LogP contribution in [-0.4, -0.2) is 29.3 Å². The van der Waals surface area contributed by atoms with Gasteiger partial charge in [-0.05, 0) is 46.0 Å². The van der Waals surface area contributed by atoms with E-state index in [-0.39, 0.29) is 0 Å². The van der Waals surface area contributed by atoms with E-state index in [1.807, 2.05) is 0 Å². The Morgan fingerprint density at radius 3 is 2.63 bits per heavy atom. The molecule has 1 fully saturated rings. The molecule has 2 aliphatic rings. The molecule has 0 spiro atoms. The molecule has 0 aromatic rings. The van der Waals surface area contributed by atoms with Crippen LogP contribution >= 0.6 is 0 Å². The number of carbonyl (C=O) groups is 3. The van der Waals surface area contributed by atoms with Crippen molar-refractivity contribution in [2.45, 2.75) is 46.0 Å². The van der Waals surface area contributed by atoms with Gasteiger partial charge in [-0.3, -0.25) is 19.8 Å². The number of rotatable bonds is 3. The topological polar surface area (TPSA) is 66.5 Å². The van der Waals surface area contributed by atoms with Gasteiger partial charge in [0, 0.05) is 6.54 Å². The zero-order valence-corrected chi connectivity index (χ0v) is 11.5. The third-order valence-corrected chi connectivity index (χ3v) is 3.85. The number of nitrogens with zero attached hydrogens (tertiary/aromatic N) is 1. The molecule has 19 heavy (non-hydrogen) atoms. The maximum Gasteiger partial charge on any atom is 0.330 e. The van der Waals surface area contributed by atoms with Gasteiger partial charge >= 0.3 is 6.03 Å². The van der Waals surface area contributed by atoms with Gasteiger partial charge in [-0.25, -0.2) is 4.79 Å². The van der Waals surface area contributed by atoms with Crippen molar-refractivity contribution in [3.63, 3.8) is 0 Å². The molecule has 104 valence electrons. The van der Waals surface area contributed by atoms with Crippen LogP contribution in [0.25, 0.3) is 0 Å². The summed E-state index contributed by atoms with van der Waals surface area (Å²) in [4.78, 5) is 36.7. The monoisotopic (exact) mass is 264 g/mol. The van der Waals surface area contributed by atoms with E-state index in [0.29, 0.717) is 13.0 Å². The van der Waals surface area contributed by atoms with Crippen molar-refractivity contribution >= 4 is 17.8 Å². The summed E-state index contributed by atoms with van der Waals surface area (Å²) in [5, 5.41) is 2.25. The zero-order valence-electron chi connectivity index (χ0n) is 11.5. The lowest BCUT2D eigenvalue weighted by Gasteiger charge is -2.34. The molecular formula is C14H20N2O3. The minimum absolute atomic E-state index is 0.354. The number of allylic oxidation sites excluding steroid dienone is 1. The number of imide groups is 2. The minimum atomic E-state index is -1.16. The molecular weight excluding hydrogens is 244 g/mol. The summed E-state index contributed by atoms with van der Waals surface area (Å²) in [6.07, 6.45) is 7.44. The molecule has 0 aromatic carbocycles. The third kappa shape index (κ3) is 2.69. The fourth-order valence-electron chi connectivity index (χ4n) is 2.44. The molecule has 1 heterocycles. The Bertz CT molecular complexity index is 452. The van der Waals surface area contributed by atoms with E-state index in [9.17, 15) is 14.4 Å². The SMILES string of the molecule is CC1(C)C(=O)NC(=O)N(CCC2=CCCCC2)C1=O. The average Bonchev–Trinajstić information content (AvgIpc) is 2.38. The van der Waals surface area contributed by atoms with Crippen LogP contribution in [0.3, 0.4) is 0 Å². The van der Waals surface area contributed by atoms with Crippen LogP contribution in [0.15, 0.2) is 11.6 Å².